The van der Waals surface area contributed by atoms with Gasteiger partial charge in [-0.05, 0) is 49.6 Å². The monoisotopic (exact) mass is 412 g/mol. The Hall–Kier alpha value is -2.78. The number of nitrogens with two attached hydrogens (primary N) is 1. The predicted molar refractivity (Wildman–Crippen MR) is 111 cm³/mol. The molecule has 29 heavy (non-hydrogen) atoms. The molecule has 2 unspecified atom stereocenters. The van der Waals surface area contributed by atoms with Crippen LogP contribution in [0.5, 0.6) is 0 Å². The Morgan fingerprint density at radius 1 is 1.31 bits per heavy atom. The van der Waals surface area contributed by atoms with E-state index in [1.807, 2.05) is 18.3 Å². The summed E-state index contributed by atoms with van der Waals surface area (Å²) in [5.74, 6) is 0.326. The van der Waals surface area contributed by atoms with Crippen molar-refractivity contribution in [2.45, 2.75) is 30.1 Å². The van der Waals surface area contributed by atoms with Crippen LogP contribution in [0.1, 0.15) is 36.4 Å². The molecule has 150 valence electrons. The van der Waals surface area contributed by atoms with Gasteiger partial charge in [-0.25, -0.2) is 4.39 Å². The zero-order chi connectivity index (χ0) is 20.0. The predicted octanol–water partition coefficient (Wildman–Crippen LogP) is 2.13. The Kier molecular flexibility index (Phi) is 4.36. The number of aliphatic imine (C=N–C) groups is 1. The molecule has 1 aromatic carbocycles. The zero-order valence-corrected chi connectivity index (χ0v) is 16.5. The number of amidine groups is 1. The lowest BCUT2D eigenvalue weighted by Gasteiger charge is -2.43. The highest BCUT2D eigenvalue weighted by Crippen LogP contribution is 2.43. The van der Waals surface area contributed by atoms with Gasteiger partial charge < -0.3 is 11.2 Å². The number of rotatable bonds is 3. The molecule has 5 rings (SSSR count). The van der Waals surface area contributed by atoms with E-state index in [-0.39, 0.29) is 5.82 Å². The number of benzene rings is 1. The first-order valence-corrected chi connectivity index (χ1v) is 10.8. The molecule has 1 saturated carbocycles. The van der Waals surface area contributed by atoms with Crippen molar-refractivity contribution in [3.05, 3.63) is 65.9 Å². The van der Waals surface area contributed by atoms with E-state index in [1.54, 1.807) is 29.5 Å². The number of hydrazine groups is 2. The lowest BCUT2D eigenvalue weighted by atomic mass is 9.83. The lowest BCUT2D eigenvalue weighted by Crippen LogP contribution is -2.56. The summed E-state index contributed by atoms with van der Waals surface area (Å²) >= 11 is 0. The van der Waals surface area contributed by atoms with Gasteiger partial charge in [0, 0.05) is 40.5 Å². The molecule has 3 aliphatic rings. The highest BCUT2D eigenvalue weighted by molar-refractivity contribution is 7.87. The fourth-order valence-electron chi connectivity index (χ4n) is 3.94. The van der Waals surface area contributed by atoms with Gasteiger partial charge in [0.1, 0.15) is 16.4 Å². The average molecular weight is 412 g/mol. The van der Waals surface area contributed by atoms with Crippen molar-refractivity contribution in [2.24, 2.45) is 10.7 Å². The first-order chi connectivity index (χ1) is 14.1. The van der Waals surface area contributed by atoms with E-state index in [0.29, 0.717) is 17.2 Å². The summed E-state index contributed by atoms with van der Waals surface area (Å²) in [6, 6.07) is 8.07. The average Bonchev–Trinajstić information content (AvgIpc) is 3.18. The van der Waals surface area contributed by atoms with Gasteiger partial charge in [-0.3, -0.25) is 19.2 Å². The summed E-state index contributed by atoms with van der Waals surface area (Å²) in [5.41, 5.74) is 15.2. The maximum atomic E-state index is 14.6. The van der Waals surface area contributed by atoms with Gasteiger partial charge in [0.25, 0.3) is 0 Å². The molecule has 1 fully saturated rings. The molecule has 0 saturated heterocycles. The van der Waals surface area contributed by atoms with Crippen molar-refractivity contribution >= 4 is 28.0 Å². The smallest absolute Gasteiger partial charge is 0.128 e. The second-order valence-electron chi connectivity index (χ2n) is 7.49. The standard InChI is InChI=1S/C20H21FN6OS/c21-16-5-4-14(27-11-17(25-26-27)13-3-1-8-23-10-13)9-15(16)18-12-29(28)20(6-2-7-20)19(22)24-18/h1,3-5,8-11,18,25-26H,2,6-7,12H2,(H2,22,24). The summed E-state index contributed by atoms with van der Waals surface area (Å²) in [4.78, 5) is 8.67. The van der Waals surface area contributed by atoms with Crippen LogP contribution in [0.4, 0.5) is 10.1 Å². The van der Waals surface area contributed by atoms with Crippen molar-refractivity contribution in [2.75, 3.05) is 10.8 Å². The van der Waals surface area contributed by atoms with Crippen LogP contribution in [0.2, 0.25) is 0 Å². The van der Waals surface area contributed by atoms with Crippen LogP contribution >= 0.6 is 0 Å². The molecule has 7 nitrogen and oxygen atoms in total. The number of aromatic nitrogens is 1. The maximum Gasteiger partial charge on any atom is 0.128 e. The number of pyridine rings is 1. The van der Waals surface area contributed by atoms with Crippen LogP contribution < -0.4 is 21.7 Å². The summed E-state index contributed by atoms with van der Waals surface area (Å²) in [7, 11) is -1.15. The van der Waals surface area contributed by atoms with E-state index >= 15 is 0 Å². The van der Waals surface area contributed by atoms with Crippen molar-refractivity contribution in [3.8, 4) is 0 Å². The zero-order valence-electron chi connectivity index (χ0n) is 15.6. The Balaban J connectivity index is 1.44. The van der Waals surface area contributed by atoms with Gasteiger partial charge in [-0.2, -0.15) is 0 Å². The maximum absolute atomic E-state index is 14.6. The summed E-state index contributed by atoms with van der Waals surface area (Å²) in [5, 5.41) is 1.76. The fraction of sp³-hybridized carbons (Fsp3) is 0.300. The molecule has 9 heteroatoms. The fourth-order valence-corrected chi connectivity index (χ4v) is 5.83. The lowest BCUT2D eigenvalue weighted by molar-refractivity contribution is 0.428. The minimum atomic E-state index is -1.15. The van der Waals surface area contributed by atoms with E-state index in [0.717, 1.165) is 36.2 Å². The van der Waals surface area contributed by atoms with Gasteiger partial charge in [0.15, 0.2) is 0 Å². The summed E-state index contributed by atoms with van der Waals surface area (Å²) in [6.07, 6.45) is 7.95. The number of nitrogens with one attached hydrogen (secondary N) is 2. The van der Waals surface area contributed by atoms with E-state index in [4.69, 9.17) is 5.73 Å². The second kappa shape index (κ2) is 6.93. The first kappa shape index (κ1) is 18.3. The van der Waals surface area contributed by atoms with E-state index in [9.17, 15) is 8.60 Å². The van der Waals surface area contributed by atoms with Crippen molar-refractivity contribution < 1.29 is 8.60 Å². The van der Waals surface area contributed by atoms with Gasteiger partial charge >= 0.3 is 0 Å². The van der Waals surface area contributed by atoms with Crippen molar-refractivity contribution in [1.29, 1.82) is 0 Å². The largest absolute Gasteiger partial charge is 0.386 e. The summed E-state index contributed by atoms with van der Waals surface area (Å²) < 4.78 is 27.0. The number of halogens is 1. The molecule has 0 radical (unpaired) electrons. The quantitative estimate of drug-likeness (QED) is 0.715. The minimum absolute atomic E-state index is 0.295. The van der Waals surface area contributed by atoms with Crippen molar-refractivity contribution in [3.63, 3.8) is 0 Å². The van der Waals surface area contributed by atoms with Crippen LogP contribution in [0, 0.1) is 5.82 Å². The van der Waals surface area contributed by atoms with Gasteiger partial charge in [-0.15, -0.1) is 5.53 Å². The number of nitrogens with zero attached hydrogens (tertiary/aromatic N) is 3. The van der Waals surface area contributed by atoms with Crippen LogP contribution in [-0.2, 0) is 10.8 Å². The molecule has 3 heterocycles. The number of anilines is 1. The Morgan fingerprint density at radius 3 is 2.86 bits per heavy atom. The topological polar surface area (TPSA) is 95.6 Å². The molecule has 2 atom stereocenters. The second-order valence-corrected chi connectivity index (χ2v) is 9.29. The molecular formula is C20H21FN6OS. The molecule has 0 amide bonds. The van der Waals surface area contributed by atoms with E-state index in [2.05, 4.69) is 20.9 Å². The number of hydrogen-bond donors (Lipinski definition) is 3. The van der Waals surface area contributed by atoms with E-state index < -0.39 is 21.6 Å². The third-order valence-corrected chi connectivity index (χ3v) is 7.93. The van der Waals surface area contributed by atoms with Crippen LogP contribution in [-0.4, -0.2) is 25.5 Å². The van der Waals surface area contributed by atoms with Crippen LogP contribution in [0.3, 0.4) is 0 Å². The van der Waals surface area contributed by atoms with Gasteiger partial charge in [0.05, 0.1) is 23.2 Å². The molecule has 1 aromatic heterocycles. The summed E-state index contributed by atoms with van der Waals surface area (Å²) in [6.45, 7) is 0. The van der Waals surface area contributed by atoms with Crippen LogP contribution in [0.15, 0.2) is 53.9 Å². The Morgan fingerprint density at radius 2 is 2.17 bits per heavy atom. The number of hydrogen-bond acceptors (Lipinski definition) is 7. The van der Waals surface area contributed by atoms with Gasteiger partial charge in [-0.1, -0.05) is 0 Å². The van der Waals surface area contributed by atoms with Crippen molar-refractivity contribution in [1.82, 2.24) is 15.9 Å². The SMILES string of the molecule is NC1=NC(c2cc(N3C=C(c4cccnc4)NN3)ccc2F)CS(=O)C12CCC2. The Bertz CT molecular complexity index is 1040. The van der Waals surface area contributed by atoms with Gasteiger partial charge in [0.2, 0.25) is 0 Å². The molecule has 2 aromatic rings. The minimum Gasteiger partial charge on any atom is -0.386 e. The third-order valence-electron chi connectivity index (χ3n) is 5.83. The first-order valence-electron chi connectivity index (χ1n) is 9.52. The molecule has 4 N–H and O–H groups in total. The molecule has 1 aliphatic carbocycles. The third kappa shape index (κ3) is 3.01. The molecule has 2 aliphatic heterocycles. The normalized spacial score (nSPS) is 25.2. The highest BCUT2D eigenvalue weighted by Gasteiger charge is 2.49. The van der Waals surface area contributed by atoms with E-state index in [1.165, 1.54) is 6.07 Å². The molecular weight excluding hydrogens is 391 g/mol. The Labute approximate surface area is 170 Å². The highest BCUT2D eigenvalue weighted by atomic mass is 32.2. The van der Waals surface area contributed by atoms with Crippen LogP contribution in [0.25, 0.3) is 5.70 Å². The molecule has 0 bridgehead atoms. The molecule has 1 spiro atoms.